The molecule has 1 atom stereocenters. The number of carboxylic acid groups (broad SMARTS) is 2. The van der Waals surface area contributed by atoms with Crippen LogP contribution < -0.4 is 0 Å². The maximum Gasteiger partial charge on any atom is 0.335 e. The van der Waals surface area contributed by atoms with E-state index in [-0.39, 0.29) is 38.8 Å². The maximum absolute atomic E-state index is 11.7. The smallest absolute Gasteiger partial charge is 0.335 e. The van der Waals surface area contributed by atoms with Gasteiger partial charge < -0.3 is 10.2 Å². The highest BCUT2D eigenvalue weighted by Gasteiger charge is 2.27. The van der Waals surface area contributed by atoms with Gasteiger partial charge in [0.15, 0.2) is 0 Å². The van der Waals surface area contributed by atoms with Gasteiger partial charge in [0.1, 0.15) is 0 Å². The van der Waals surface area contributed by atoms with Crippen LogP contribution in [0.4, 0.5) is 5.69 Å². The van der Waals surface area contributed by atoms with E-state index in [1.165, 1.54) is 30.3 Å². The average molecular weight is 384 g/mol. The Morgan fingerprint density at radius 1 is 1.12 bits per heavy atom. The molecule has 2 N–H and O–H groups in total. The molecule has 7 nitrogen and oxygen atoms in total. The number of halogens is 2. The molecule has 2 rings (SSSR count). The third-order valence-corrected chi connectivity index (χ3v) is 4.16. The van der Waals surface area contributed by atoms with Gasteiger partial charge in [-0.3, -0.25) is 14.9 Å². The normalized spacial score (nSPS) is 11.8. The van der Waals surface area contributed by atoms with E-state index in [1.54, 1.807) is 0 Å². The molecule has 9 heteroatoms. The predicted octanol–water partition coefficient (Wildman–Crippen LogP) is 4.01. The maximum atomic E-state index is 11.7. The van der Waals surface area contributed by atoms with E-state index >= 15 is 0 Å². The van der Waals surface area contributed by atoms with E-state index in [0.717, 1.165) is 6.07 Å². The molecule has 0 saturated heterocycles. The van der Waals surface area contributed by atoms with E-state index in [0.29, 0.717) is 0 Å². The van der Waals surface area contributed by atoms with Gasteiger partial charge >= 0.3 is 11.9 Å². The van der Waals surface area contributed by atoms with Gasteiger partial charge in [-0.2, -0.15) is 0 Å². The van der Waals surface area contributed by atoms with Crippen molar-refractivity contribution in [3.05, 3.63) is 73.2 Å². The van der Waals surface area contributed by atoms with Crippen LogP contribution in [-0.4, -0.2) is 27.1 Å². The second kappa shape index (κ2) is 7.50. The average Bonchev–Trinajstić information content (AvgIpc) is 2.52. The summed E-state index contributed by atoms with van der Waals surface area (Å²) >= 11 is 11.9. The summed E-state index contributed by atoms with van der Waals surface area (Å²) in [6.45, 7) is 0. The lowest BCUT2D eigenvalue weighted by Gasteiger charge is -2.15. The molecule has 0 aliphatic heterocycles. The number of hydrogen-bond acceptors (Lipinski definition) is 4. The molecule has 0 aliphatic carbocycles. The van der Waals surface area contributed by atoms with Crippen LogP contribution in [0.25, 0.3) is 0 Å². The van der Waals surface area contributed by atoms with Crippen molar-refractivity contribution in [1.82, 2.24) is 0 Å². The van der Waals surface area contributed by atoms with Gasteiger partial charge in [-0.15, -0.1) is 0 Å². The minimum atomic E-state index is -1.29. The molecule has 0 unspecified atom stereocenters. The second-order valence-electron chi connectivity index (χ2n) is 5.17. The molecule has 0 heterocycles. The van der Waals surface area contributed by atoms with E-state index in [1.807, 2.05) is 0 Å². The van der Waals surface area contributed by atoms with Crippen molar-refractivity contribution in [2.75, 3.05) is 0 Å². The highest BCUT2D eigenvalue weighted by atomic mass is 35.5. The summed E-state index contributed by atoms with van der Waals surface area (Å²) < 4.78 is 0. The lowest BCUT2D eigenvalue weighted by atomic mass is 9.90. The Labute approximate surface area is 151 Å². The first-order chi connectivity index (χ1) is 11.7. The third kappa shape index (κ3) is 4.26. The van der Waals surface area contributed by atoms with Crippen LogP contribution in [0.15, 0.2) is 36.4 Å². The first kappa shape index (κ1) is 18.7. The zero-order chi connectivity index (χ0) is 18.7. The summed E-state index contributed by atoms with van der Waals surface area (Å²) in [5, 5.41) is 30.0. The Morgan fingerprint density at radius 2 is 1.80 bits per heavy atom. The highest BCUT2D eigenvalue weighted by molar-refractivity contribution is 6.32. The van der Waals surface area contributed by atoms with Gasteiger partial charge in [0, 0.05) is 21.7 Å². The predicted molar refractivity (Wildman–Crippen MR) is 90.6 cm³/mol. The van der Waals surface area contributed by atoms with Gasteiger partial charge in [0.05, 0.1) is 16.4 Å². The summed E-state index contributed by atoms with van der Waals surface area (Å²) in [6, 6.07) is 7.50. The van der Waals surface area contributed by atoms with Crippen LogP contribution in [0.2, 0.25) is 10.0 Å². The van der Waals surface area contributed by atoms with Gasteiger partial charge in [-0.1, -0.05) is 23.2 Å². The fourth-order valence-corrected chi connectivity index (χ4v) is 2.83. The van der Waals surface area contributed by atoms with Crippen LogP contribution in [-0.2, 0) is 11.2 Å². The summed E-state index contributed by atoms with van der Waals surface area (Å²) in [5.41, 5.74) is -0.238. The number of aromatic carboxylic acids is 1. The number of aliphatic carboxylic acids is 1. The summed E-state index contributed by atoms with van der Waals surface area (Å²) in [5.74, 6) is -3.81. The minimum absolute atomic E-state index is 0.0575. The van der Waals surface area contributed by atoms with Crippen LogP contribution in [0.3, 0.4) is 0 Å². The van der Waals surface area contributed by atoms with E-state index < -0.39 is 22.8 Å². The number of nitro benzene ring substituents is 1. The lowest BCUT2D eigenvalue weighted by molar-refractivity contribution is -0.385. The van der Waals surface area contributed by atoms with Crippen molar-refractivity contribution in [2.45, 2.75) is 12.3 Å². The quantitative estimate of drug-likeness (QED) is 0.574. The Kier molecular flexibility index (Phi) is 5.61. The molecular formula is C16H11Cl2NO6. The minimum Gasteiger partial charge on any atom is -0.481 e. The third-order valence-electron chi connectivity index (χ3n) is 3.58. The molecule has 0 fully saturated rings. The van der Waals surface area contributed by atoms with Gasteiger partial charge in [0.2, 0.25) is 0 Å². The molecule has 0 aromatic heterocycles. The van der Waals surface area contributed by atoms with Gasteiger partial charge in [0.25, 0.3) is 5.69 Å². The summed E-state index contributed by atoms with van der Waals surface area (Å²) in [6.07, 6.45) is -0.269. The Hall–Kier alpha value is -2.64. The molecule has 0 amide bonds. The molecule has 2 aromatic rings. The van der Waals surface area contributed by atoms with Crippen molar-refractivity contribution in [3.63, 3.8) is 0 Å². The van der Waals surface area contributed by atoms with Crippen molar-refractivity contribution in [3.8, 4) is 0 Å². The number of benzene rings is 2. The molecule has 0 spiro atoms. The molecule has 0 radical (unpaired) electrons. The second-order valence-corrected chi connectivity index (χ2v) is 6.01. The van der Waals surface area contributed by atoms with E-state index in [9.17, 15) is 24.8 Å². The molecular weight excluding hydrogens is 373 g/mol. The SMILES string of the molecule is O=C(O)c1ccc(Cl)c([C@H](Cc2cc(Cl)ccc2[N+](=O)[O-])C(=O)O)c1. The van der Waals surface area contributed by atoms with Gasteiger partial charge in [-0.05, 0) is 42.3 Å². The first-order valence-electron chi connectivity index (χ1n) is 6.89. The number of carboxylic acids is 2. The van der Waals surface area contributed by atoms with Gasteiger partial charge in [-0.25, -0.2) is 4.79 Å². The topological polar surface area (TPSA) is 118 Å². The molecule has 2 aromatic carbocycles. The standard InChI is InChI=1S/C16H11Cl2NO6/c17-10-2-4-14(19(24)25)9(5-10)7-12(16(22)23)11-6-8(15(20)21)1-3-13(11)18/h1-6,12H,7H2,(H,20,21)(H,22,23)/t12-/m0/s1. The summed E-state index contributed by atoms with van der Waals surface area (Å²) in [4.78, 5) is 33.3. The van der Waals surface area contributed by atoms with Crippen molar-refractivity contribution in [1.29, 1.82) is 0 Å². The molecule has 0 saturated carbocycles. The van der Waals surface area contributed by atoms with Crippen LogP contribution in [0.5, 0.6) is 0 Å². The number of carbonyl (C=O) groups is 2. The zero-order valence-corrected chi connectivity index (χ0v) is 14.0. The monoisotopic (exact) mass is 383 g/mol. The van der Waals surface area contributed by atoms with Crippen LogP contribution >= 0.6 is 23.2 Å². The van der Waals surface area contributed by atoms with Crippen molar-refractivity contribution in [2.24, 2.45) is 0 Å². The Balaban J connectivity index is 2.53. The molecule has 25 heavy (non-hydrogen) atoms. The summed E-state index contributed by atoms with van der Waals surface area (Å²) in [7, 11) is 0. The molecule has 130 valence electrons. The van der Waals surface area contributed by atoms with E-state index in [2.05, 4.69) is 0 Å². The lowest BCUT2D eigenvalue weighted by Crippen LogP contribution is -2.16. The van der Waals surface area contributed by atoms with Crippen molar-refractivity contribution < 1.29 is 24.7 Å². The van der Waals surface area contributed by atoms with Crippen LogP contribution in [0.1, 0.15) is 27.4 Å². The first-order valence-corrected chi connectivity index (χ1v) is 7.64. The largest absolute Gasteiger partial charge is 0.481 e. The molecule has 0 aliphatic rings. The highest BCUT2D eigenvalue weighted by Crippen LogP contribution is 2.33. The molecule has 0 bridgehead atoms. The van der Waals surface area contributed by atoms with E-state index in [4.69, 9.17) is 28.3 Å². The fraction of sp³-hybridized carbons (Fsp3) is 0.125. The number of rotatable bonds is 6. The fourth-order valence-electron chi connectivity index (χ4n) is 2.39. The zero-order valence-electron chi connectivity index (χ0n) is 12.5. The number of hydrogen-bond donors (Lipinski definition) is 2. The number of nitrogens with zero attached hydrogens (tertiary/aromatic N) is 1. The Morgan fingerprint density at radius 3 is 2.36 bits per heavy atom. The van der Waals surface area contributed by atoms with Crippen LogP contribution in [0, 0.1) is 10.1 Å². The van der Waals surface area contributed by atoms with Crippen molar-refractivity contribution >= 4 is 40.8 Å². The Bertz CT molecular complexity index is 868. The number of nitro groups is 1.